The van der Waals surface area contributed by atoms with Crippen LogP contribution >= 0.6 is 0 Å². The third-order valence-electron chi connectivity index (χ3n) is 4.15. The quantitative estimate of drug-likeness (QED) is 0.802. The Morgan fingerprint density at radius 3 is 2.58 bits per heavy atom. The standard InChI is InChI=1S/C18H17NO5/c20-15-8-4-7-12-13(15)9-14(17(21)22)16(12)19-18(23)24-10-11-5-2-1-3-6-11/h1-8,14,16,20H,9-10H2,(H,19,23)(H,21,22). The molecule has 0 fully saturated rings. The minimum Gasteiger partial charge on any atom is -0.508 e. The van der Waals surface area contributed by atoms with Gasteiger partial charge in [-0.25, -0.2) is 4.79 Å². The molecule has 2 aromatic carbocycles. The second-order valence-corrected chi connectivity index (χ2v) is 5.68. The molecule has 0 radical (unpaired) electrons. The first-order chi connectivity index (χ1) is 11.6. The number of nitrogens with one attached hydrogen (secondary N) is 1. The minimum absolute atomic E-state index is 0.0423. The van der Waals surface area contributed by atoms with Crippen LogP contribution in [0.4, 0.5) is 4.79 Å². The Bertz CT molecular complexity index is 759. The summed E-state index contributed by atoms with van der Waals surface area (Å²) < 4.78 is 5.16. The number of ether oxygens (including phenoxy) is 1. The van der Waals surface area contributed by atoms with E-state index < -0.39 is 24.0 Å². The molecule has 124 valence electrons. The third-order valence-corrected chi connectivity index (χ3v) is 4.15. The molecule has 24 heavy (non-hydrogen) atoms. The summed E-state index contributed by atoms with van der Waals surface area (Å²) in [7, 11) is 0. The van der Waals surface area contributed by atoms with Crippen molar-refractivity contribution < 1.29 is 24.5 Å². The highest BCUT2D eigenvalue weighted by Gasteiger charge is 2.39. The highest BCUT2D eigenvalue weighted by molar-refractivity contribution is 5.76. The maximum absolute atomic E-state index is 12.0. The van der Waals surface area contributed by atoms with Gasteiger partial charge in [0.1, 0.15) is 12.4 Å². The van der Waals surface area contributed by atoms with Gasteiger partial charge in [-0.05, 0) is 23.6 Å². The molecule has 6 nitrogen and oxygen atoms in total. The number of alkyl carbamates (subject to hydrolysis) is 1. The largest absolute Gasteiger partial charge is 0.508 e. The van der Waals surface area contributed by atoms with Crippen LogP contribution in [-0.4, -0.2) is 22.3 Å². The molecule has 1 aliphatic rings. The van der Waals surface area contributed by atoms with E-state index in [-0.39, 0.29) is 18.8 Å². The fourth-order valence-electron chi connectivity index (χ4n) is 2.96. The fraction of sp³-hybridized carbons (Fsp3) is 0.222. The van der Waals surface area contributed by atoms with Crippen molar-refractivity contribution in [3.05, 3.63) is 65.2 Å². The van der Waals surface area contributed by atoms with Gasteiger partial charge in [-0.3, -0.25) is 4.79 Å². The summed E-state index contributed by atoms with van der Waals surface area (Å²) in [5.74, 6) is -1.82. The number of benzene rings is 2. The molecule has 3 rings (SSSR count). The number of phenolic OH excluding ortho intramolecular Hbond substituents is 1. The molecule has 2 atom stereocenters. The van der Waals surface area contributed by atoms with Gasteiger partial charge in [-0.15, -0.1) is 0 Å². The zero-order chi connectivity index (χ0) is 17.1. The molecule has 2 unspecified atom stereocenters. The number of hydrogen-bond acceptors (Lipinski definition) is 4. The van der Waals surface area contributed by atoms with Crippen LogP contribution in [0.15, 0.2) is 48.5 Å². The Balaban J connectivity index is 1.71. The first-order valence-electron chi connectivity index (χ1n) is 7.57. The lowest BCUT2D eigenvalue weighted by Crippen LogP contribution is -2.34. The van der Waals surface area contributed by atoms with Gasteiger partial charge in [0.25, 0.3) is 0 Å². The zero-order valence-electron chi connectivity index (χ0n) is 12.8. The summed E-state index contributed by atoms with van der Waals surface area (Å²) >= 11 is 0. The lowest BCUT2D eigenvalue weighted by Gasteiger charge is -2.18. The summed E-state index contributed by atoms with van der Waals surface area (Å²) in [6, 6.07) is 13.3. The van der Waals surface area contributed by atoms with Crippen molar-refractivity contribution in [3.8, 4) is 5.75 Å². The van der Waals surface area contributed by atoms with E-state index in [9.17, 15) is 19.8 Å². The van der Waals surface area contributed by atoms with Gasteiger partial charge in [0.05, 0.1) is 12.0 Å². The lowest BCUT2D eigenvalue weighted by molar-refractivity contribution is -0.142. The van der Waals surface area contributed by atoms with E-state index in [1.54, 1.807) is 12.1 Å². The van der Waals surface area contributed by atoms with Gasteiger partial charge in [0.15, 0.2) is 0 Å². The molecule has 0 heterocycles. The van der Waals surface area contributed by atoms with E-state index in [1.165, 1.54) is 6.07 Å². The average Bonchev–Trinajstić information content (AvgIpc) is 2.94. The summed E-state index contributed by atoms with van der Waals surface area (Å²) in [4.78, 5) is 23.5. The van der Waals surface area contributed by atoms with Crippen LogP contribution < -0.4 is 5.32 Å². The van der Waals surface area contributed by atoms with Crippen LogP contribution in [0.3, 0.4) is 0 Å². The number of carboxylic acids is 1. The molecule has 1 amide bonds. The van der Waals surface area contributed by atoms with E-state index in [0.29, 0.717) is 11.1 Å². The summed E-state index contributed by atoms with van der Waals surface area (Å²) in [6.45, 7) is 0.101. The monoisotopic (exact) mass is 327 g/mol. The first kappa shape index (κ1) is 15.9. The Kier molecular flexibility index (Phi) is 4.37. The Labute approximate surface area is 138 Å². The predicted molar refractivity (Wildman–Crippen MR) is 85.4 cm³/mol. The van der Waals surface area contributed by atoms with Crippen molar-refractivity contribution in [3.63, 3.8) is 0 Å². The second-order valence-electron chi connectivity index (χ2n) is 5.68. The molecule has 0 bridgehead atoms. The number of aliphatic carboxylic acids is 1. The van der Waals surface area contributed by atoms with Crippen molar-refractivity contribution in [2.45, 2.75) is 19.1 Å². The molecule has 0 spiro atoms. The van der Waals surface area contributed by atoms with Crippen molar-refractivity contribution in [1.29, 1.82) is 0 Å². The summed E-state index contributed by atoms with van der Waals surface area (Å²) in [5.41, 5.74) is 2.00. The highest BCUT2D eigenvalue weighted by Crippen LogP contribution is 2.40. The van der Waals surface area contributed by atoms with Crippen LogP contribution in [0.25, 0.3) is 0 Å². The number of fused-ring (bicyclic) bond motifs is 1. The van der Waals surface area contributed by atoms with Gasteiger partial charge >= 0.3 is 12.1 Å². The third kappa shape index (κ3) is 3.17. The SMILES string of the molecule is O=C(NC1c2cccc(O)c2CC1C(=O)O)OCc1ccccc1. The highest BCUT2D eigenvalue weighted by atomic mass is 16.5. The van der Waals surface area contributed by atoms with Crippen LogP contribution in [0, 0.1) is 5.92 Å². The summed E-state index contributed by atoms with van der Waals surface area (Å²) in [5, 5.41) is 21.9. The Morgan fingerprint density at radius 1 is 1.12 bits per heavy atom. The van der Waals surface area contributed by atoms with Gasteiger partial charge < -0.3 is 20.3 Å². The van der Waals surface area contributed by atoms with E-state index >= 15 is 0 Å². The van der Waals surface area contributed by atoms with Crippen molar-refractivity contribution >= 4 is 12.1 Å². The number of carbonyl (C=O) groups excluding carboxylic acids is 1. The molecule has 3 N–H and O–H groups in total. The molecule has 0 aromatic heterocycles. The van der Waals surface area contributed by atoms with E-state index in [0.717, 1.165) is 5.56 Å². The molecule has 6 heteroatoms. The van der Waals surface area contributed by atoms with Crippen molar-refractivity contribution in [2.75, 3.05) is 0 Å². The molecule has 0 saturated carbocycles. The van der Waals surface area contributed by atoms with Crippen LogP contribution in [0.5, 0.6) is 5.75 Å². The summed E-state index contributed by atoms with van der Waals surface area (Å²) in [6.07, 6.45) is -0.521. The van der Waals surface area contributed by atoms with E-state index in [4.69, 9.17) is 4.74 Å². The van der Waals surface area contributed by atoms with E-state index in [1.807, 2.05) is 30.3 Å². The van der Waals surface area contributed by atoms with Crippen molar-refractivity contribution in [2.24, 2.45) is 5.92 Å². The van der Waals surface area contributed by atoms with Gasteiger partial charge in [0, 0.05) is 5.56 Å². The van der Waals surface area contributed by atoms with Crippen LogP contribution in [-0.2, 0) is 22.6 Å². The molecular formula is C18H17NO5. The molecule has 0 saturated heterocycles. The number of amides is 1. The molecule has 1 aliphatic carbocycles. The predicted octanol–water partition coefficient (Wildman–Crippen LogP) is 2.62. The minimum atomic E-state index is -1.03. The first-order valence-corrected chi connectivity index (χ1v) is 7.57. The number of phenols is 1. The van der Waals surface area contributed by atoms with Gasteiger partial charge in [0.2, 0.25) is 0 Å². The van der Waals surface area contributed by atoms with Crippen LogP contribution in [0.1, 0.15) is 22.7 Å². The second kappa shape index (κ2) is 6.62. The molecule has 0 aliphatic heterocycles. The Morgan fingerprint density at radius 2 is 1.88 bits per heavy atom. The number of hydrogen-bond donors (Lipinski definition) is 3. The van der Waals surface area contributed by atoms with Crippen molar-refractivity contribution in [1.82, 2.24) is 5.32 Å². The average molecular weight is 327 g/mol. The molecule has 2 aromatic rings. The van der Waals surface area contributed by atoms with Gasteiger partial charge in [-0.2, -0.15) is 0 Å². The normalized spacial score (nSPS) is 18.7. The fourth-order valence-corrected chi connectivity index (χ4v) is 2.96. The smallest absolute Gasteiger partial charge is 0.407 e. The maximum Gasteiger partial charge on any atom is 0.407 e. The lowest BCUT2D eigenvalue weighted by atomic mass is 10.0. The Hall–Kier alpha value is -3.02. The van der Waals surface area contributed by atoms with E-state index in [2.05, 4.69) is 5.32 Å². The van der Waals surface area contributed by atoms with Crippen LogP contribution in [0.2, 0.25) is 0 Å². The topological polar surface area (TPSA) is 95.9 Å². The number of rotatable bonds is 4. The maximum atomic E-state index is 12.0. The number of aromatic hydroxyl groups is 1. The number of carbonyl (C=O) groups is 2. The molecular weight excluding hydrogens is 310 g/mol. The number of carboxylic acid groups (broad SMARTS) is 1. The van der Waals surface area contributed by atoms with Gasteiger partial charge in [-0.1, -0.05) is 42.5 Å². The zero-order valence-corrected chi connectivity index (χ0v) is 12.8.